The fourth-order valence-electron chi connectivity index (χ4n) is 2.17. The molecular formula is C17H20N2O6S. The Bertz CT molecular complexity index is 883. The van der Waals surface area contributed by atoms with E-state index in [2.05, 4.69) is 10.0 Å². The number of hydrogen-bond acceptors (Lipinski definition) is 6. The molecule has 0 bridgehead atoms. The van der Waals surface area contributed by atoms with Gasteiger partial charge in [-0.25, -0.2) is 13.1 Å². The van der Waals surface area contributed by atoms with Gasteiger partial charge in [-0.2, -0.15) is 0 Å². The summed E-state index contributed by atoms with van der Waals surface area (Å²) in [5.74, 6) is 0.622. The third-order valence-corrected chi connectivity index (χ3v) is 4.87. The smallest absolute Gasteiger partial charge is 0.241 e. The molecule has 8 nitrogen and oxygen atoms in total. The summed E-state index contributed by atoms with van der Waals surface area (Å²) in [4.78, 5) is 12.0. The Labute approximate surface area is 152 Å². The second kappa shape index (κ2) is 8.54. The molecule has 0 aliphatic rings. The molecular weight excluding hydrogens is 360 g/mol. The van der Waals surface area contributed by atoms with Crippen LogP contribution >= 0.6 is 0 Å². The number of amides is 1. The molecule has 0 aliphatic carbocycles. The maximum atomic E-state index is 12.4. The predicted octanol–water partition coefficient (Wildman–Crippen LogP) is 1.63. The molecule has 2 aromatic rings. The van der Waals surface area contributed by atoms with Crippen LogP contribution in [0.1, 0.15) is 0 Å². The Morgan fingerprint density at radius 2 is 1.58 bits per heavy atom. The molecule has 2 aromatic carbocycles. The average molecular weight is 380 g/mol. The molecule has 9 heteroatoms. The van der Waals surface area contributed by atoms with Crippen molar-refractivity contribution in [2.24, 2.45) is 0 Å². The minimum atomic E-state index is -3.90. The third-order valence-electron chi connectivity index (χ3n) is 3.47. The first-order valence-electron chi connectivity index (χ1n) is 7.56. The minimum Gasteiger partial charge on any atom is -0.495 e. The van der Waals surface area contributed by atoms with E-state index in [9.17, 15) is 13.2 Å². The average Bonchev–Trinajstić information content (AvgIpc) is 2.66. The van der Waals surface area contributed by atoms with Gasteiger partial charge in [0.1, 0.15) is 5.75 Å². The maximum Gasteiger partial charge on any atom is 0.241 e. The van der Waals surface area contributed by atoms with Crippen LogP contribution < -0.4 is 24.2 Å². The SMILES string of the molecule is COc1ccccc1NC(=O)CNS(=O)(=O)c1ccc(OC)c(OC)c1. The van der Waals surface area contributed by atoms with Gasteiger partial charge >= 0.3 is 0 Å². The molecule has 0 aromatic heterocycles. The molecule has 0 aliphatic heterocycles. The van der Waals surface area contributed by atoms with E-state index in [4.69, 9.17) is 14.2 Å². The molecule has 26 heavy (non-hydrogen) atoms. The lowest BCUT2D eigenvalue weighted by Gasteiger charge is -2.12. The monoisotopic (exact) mass is 380 g/mol. The standard InChI is InChI=1S/C17H20N2O6S/c1-23-14-7-5-4-6-13(14)19-17(20)11-18-26(21,22)12-8-9-15(24-2)16(10-12)25-3/h4-10,18H,11H2,1-3H3,(H,19,20). The van der Waals surface area contributed by atoms with E-state index >= 15 is 0 Å². The van der Waals surface area contributed by atoms with E-state index in [-0.39, 0.29) is 10.6 Å². The number of benzene rings is 2. The quantitative estimate of drug-likeness (QED) is 0.722. The van der Waals surface area contributed by atoms with Crippen LogP contribution in [0.4, 0.5) is 5.69 Å². The van der Waals surface area contributed by atoms with Crippen LogP contribution in [0.3, 0.4) is 0 Å². The van der Waals surface area contributed by atoms with Gasteiger partial charge < -0.3 is 19.5 Å². The Morgan fingerprint density at radius 1 is 0.923 bits per heavy atom. The number of carbonyl (C=O) groups excluding carboxylic acids is 1. The molecule has 0 atom stereocenters. The van der Waals surface area contributed by atoms with Crippen LogP contribution in [-0.2, 0) is 14.8 Å². The van der Waals surface area contributed by atoms with Crippen LogP contribution in [0.15, 0.2) is 47.4 Å². The Balaban J connectivity index is 2.07. The highest BCUT2D eigenvalue weighted by molar-refractivity contribution is 7.89. The second-order valence-electron chi connectivity index (χ2n) is 5.09. The maximum absolute atomic E-state index is 12.4. The number of nitrogens with one attached hydrogen (secondary N) is 2. The molecule has 0 heterocycles. The zero-order chi connectivity index (χ0) is 19.2. The lowest BCUT2D eigenvalue weighted by molar-refractivity contribution is -0.115. The molecule has 0 saturated heterocycles. The summed E-state index contributed by atoms with van der Waals surface area (Å²) < 4.78 is 42.3. The summed E-state index contributed by atoms with van der Waals surface area (Å²) >= 11 is 0. The van der Waals surface area contributed by atoms with Gasteiger partial charge in [0.05, 0.1) is 38.5 Å². The fraction of sp³-hybridized carbons (Fsp3) is 0.235. The van der Waals surface area contributed by atoms with Crippen molar-refractivity contribution < 1.29 is 27.4 Å². The largest absolute Gasteiger partial charge is 0.495 e. The fourth-order valence-corrected chi connectivity index (χ4v) is 3.17. The normalized spacial score (nSPS) is 10.9. The van der Waals surface area contributed by atoms with Crippen molar-refractivity contribution in [1.82, 2.24) is 4.72 Å². The van der Waals surface area contributed by atoms with Crippen molar-refractivity contribution in [3.8, 4) is 17.2 Å². The Morgan fingerprint density at radius 3 is 2.23 bits per heavy atom. The first-order valence-corrected chi connectivity index (χ1v) is 9.04. The number of methoxy groups -OCH3 is 3. The first-order chi connectivity index (χ1) is 12.4. The van der Waals surface area contributed by atoms with E-state index in [1.54, 1.807) is 24.3 Å². The Hall–Kier alpha value is -2.78. The lowest BCUT2D eigenvalue weighted by Crippen LogP contribution is -2.33. The molecule has 1 amide bonds. The number of sulfonamides is 1. The number of ether oxygens (including phenoxy) is 3. The summed E-state index contributed by atoms with van der Waals surface area (Å²) in [6, 6.07) is 11.0. The van der Waals surface area contributed by atoms with Crippen LogP contribution in [0.2, 0.25) is 0 Å². The van der Waals surface area contributed by atoms with Crippen molar-refractivity contribution in [1.29, 1.82) is 0 Å². The molecule has 0 spiro atoms. The minimum absolute atomic E-state index is 0.0414. The number of hydrogen-bond donors (Lipinski definition) is 2. The molecule has 0 unspecified atom stereocenters. The number of rotatable bonds is 8. The van der Waals surface area contributed by atoms with E-state index < -0.39 is 22.5 Å². The van der Waals surface area contributed by atoms with Gasteiger partial charge in [-0.05, 0) is 24.3 Å². The highest BCUT2D eigenvalue weighted by atomic mass is 32.2. The van der Waals surface area contributed by atoms with Gasteiger partial charge in [0.15, 0.2) is 11.5 Å². The zero-order valence-corrected chi connectivity index (χ0v) is 15.4. The van der Waals surface area contributed by atoms with Gasteiger partial charge in [-0.1, -0.05) is 12.1 Å². The second-order valence-corrected chi connectivity index (χ2v) is 6.86. The van der Waals surface area contributed by atoms with Crippen LogP contribution in [0.25, 0.3) is 0 Å². The van der Waals surface area contributed by atoms with Gasteiger partial charge in [0, 0.05) is 6.07 Å². The summed E-state index contributed by atoms with van der Waals surface area (Å²) in [6.45, 7) is -0.436. The Kier molecular flexibility index (Phi) is 6.42. The lowest BCUT2D eigenvalue weighted by atomic mass is 10.3. The molecule has 0 fully saturated rings. The van der Waals surface area contributed by atoms with Crippen molar-refractivity contribution >= 4 is 21.6 Å². The molecule has 140 valence electrons. The summed E-state index contributed by atoms with van der Waals surface area (Å²) in [6.07, 6.45) is 0. The van der Waals surface area contributed by atoms with Gasteiger partial charge in [0.2, 0.25) is 15.9 Å². The highest BCUT2D eigenvalue weighted by Crippen LogP contribution is 2.29. The van der Waals surface area contributed by atoms with Crippen LogP contribution in [-0.4, -0.2) is 42.2 Å². The molecule has 2 N–H and O–H groups in total. The number of para-hydroxylation sites is 2. The molecule has 0 saturated carbocycles. The van der Waals surface area contributed by atoms with Crippen molar-refractivity contribution in [2.75, 3.05) is 33.2 Å². The van der Waals surface area contributed by atoms with E-state index in [0.29, 0.717) is 17.2 Å². The van der Waals surface area contributed by atoms with Crippen molar-refractivity contribution in [3.05, 3.63) is 42.5 Å². The summed E-state index contributed by atoms with van der Waals surface area (Å²) in [5.41, 5.74) is 0.449. The van der Waals surface area contributed by atoms with Crippen molar-refractivity contribution in [3.63, 3.8) is 0 Å². The zero-order valence-electron chi connectivity index (χ0n) is 14.6. The van der Waals surface area contributed by atoms with Crippen molar-refractivity contribution in [2.45, 2.75) is 4.90 Å². The topological polar surface area (TPSA) is 103 Å². The van der Waals surface area contributed by atoms with Crippen LogP contribution in [0, 0.1) is 0 Å². The predicted molar refractivity (Wildman–Crippen MR) is 96.4 cm³/mol. The van der Waals surface area contributed by atoms with Crippen LogP contribution in [0.5, 0.6) is 17.2 Å². The summed E-state index contributed by atoms with van der Waals surface area (Å²) in [5, 5.41) is 2.59. The van der Waals surface area contributed by atoms with E-state index in [0.717, 1.165) is 0 Å². The highest BCUT2D eigenvalue weighted by Gasteiger charge is 2.18. The van der Waals surface area contributed by atoms with Gasteiger partial charge in [-0.15, -0.1) is 0 Å². The van der Waals surface area contributed by atoms with E-state index in [1.807, 2.05) is 0 Å². The first kappa shape index (κ1) is 19.5. The number of carbonyl (C=O) groups is 1. The van der Waals surface area contributed by atoms with Gasteiger partial charge in [0.25, 0.3) is 0 Å². The molecule has 0 radical (unpaired) electrons. The third kappa shape index (κ3) is 4.64. The van der Waals surface area contributed by atoms with E-state index in [1.165, 1.54) is 39.5 Å². The van der Waals surface area contributed by atoms with Gasteiger partial charge in [-0.3, -0.25) is 4.79 Å². The molecule has 2 rings (SSSR count). The number of anilines is 1. The summed E-state index contributed by atoms with van der Waals surface area (Å²) in [7, 11) is 0.434.